The Morgan fingerprint density at radius 3 is 2.73 bits per heavy atom. The fraction of sp³-hybridized carbons (Fsp3) is 0.182. The van der Waals surface area contributed by atoms with Crippen molar-refractivity contribution in [2.45, 2.75) is 6.42 Å². The van der Waals surface area contributed by atoms with E-state index in [0.717, 1.165) is 17.7 Å². The molecule has 15 heavy (non-hydrogen) atoms. The highest BCUT2D eigenvalue weighted by Gasteiger charge is 2.13. The zero-order valence-electron chi connectivity index (χ0n) is 8.34. The van der Waals surface area contributed by atoms with Crippen LogP contribution in [-0.4, -0.2) is 19.7 Å². The maximum atomic E-state index is 11.4. The van der Waals surface area contributed by atoms with Crippen molar-refractivity contribution in [3.8, 4) is 0 Å². The van der Waals surface area contributed by atoms with E-state index in [-0.39, 0.29) is 5.04 Å². The standard InChI is InChI=1S/C11H11NO2S/c1-15(13,14)11-8-4-6-9-5-2-3-7-10(9)12-11/h2-5,7-8H,6H2,1H3. The van der Waals surface area contributed by atoms with Crippen LogP contribution in [0.5, 0.6) is 0 Å². The first-order chi connectivity index (χ1) is 7.07. The Morgan fingerprint density at radius 1 is 1.27 bits per heavy atom. The SMILES string of the molecule is CS(=O)(=O)C1=Nc2ccccc2CC=C1. The van der Waals surface area contributed by atoms with Gasteiger partial charge in [-0.3, -0.25) is 0 Å². The van der Waals surface area contributed by atoms with Crippen LogP contribution in [0.25, 0.3) is 0 Å². The molecule has 0 aliphatic carbocycles. The lowest BCUT2D eigenvalue weighted by Gasteiger charge is -2.00. The van der Waals surface area contributed by atoms with Crippen molar-refractivity contribution in [1.29, 1.82) is 0 Å². The molecule has 1 aromatic rings. The van der Waals surface area contributed by atoms with Crippen LogP contribution in [-0.2, 0) is 16.3 Å². The topological polar surface area (TPSA) is 46.5 Å². The van der Waals surface area contributed by atoms with E-state index in [2.05, 4.69) is 4.99 Å². The van der Waals surface area contributed by atoms with Crippen molar-refractivity contribution < 1.29 is 8.42 Å². The molecule has 0 atom stereocenters. The van der Waals surface area contributed by atoms with Crippen molar-refractivity contribution >= 4 is 20.6 Å². The first-order valence-electron chi connectivity index (χ1n) is 4.60. The Labute approximate surface area is 89.1 Å². The summed E-state index contributed by atoms with van der Waals surface area (Å²) in [7, 11) is -3.23. The largest absolute Gasteiger partial charge is 0.237 e. The molecule has 1 aromatic carbocycles. The zero-order valence-corrected chi connectivity index (χ0v) is 9.16. The lowest BCUT2D eigenvalue weighted by molar-refractivity contribution is 0.612. The van der Waals surface area contributed by atoms with E-state index in [1.807, 2.05) is 30.3 Å². The average molecular weight is 221 g/mol. The second-order valence-corrected chi connectivity index (χ2v) is 5.42. The normalized spacial score (nSPS) is 15.4. The van der Waals surface area contributed by atoms with Crippen LogP contribution in [0.1, 0.15) is 5.56 Å². The van der Waals surface area contributed by atoms with Crippen molar-refractivity contribution in [3.05, 3.63) is 42.0 Å². The molecule has 3 nitrogen and oxygen atoms in total. The molecule has 1 heterocycles. The van der Waals surface area contributed by atoms with Crippen molar-refractivity contribution in [1.82, 2.24) is 0 Å². The lowest BCUT2D eigenvalue weighted by atomic mass is 10.1. The highest BCUT2D eigenvalue weighted by atomic mass is 32.2. The Morgan fingerprint density at radius 2 is 2.00 bits per heavy atom. The van der Waals surface area contributed by atoms with Crippen molar-refractivity contribution in [3.63, 3.8) is 0 Å². The molecule has 0 saturated heterocycles. The Kier molecular flexibility index (Phi) is 2.44. The van der Waals surface area contributed by atoms with E-state index >= 15 is 0 Å². The molecular formula is C11H11NO2S. The first kappa shape index (κ1) is 10.1. The maximum Gasteiger partial charge on any atom is 0.192 e. The number of para-hydroxylation sites is 1. The molecule has 4 heteroatoms. The second kappa shape index (κ2) is 3.62. The minimum Gasteiger partial charge on any atom is -0.237 e. The Balaban J connectivity index is 2.59. The third kappa shape index (κ3) is 2.15. The molecule has 1 aliphatic heterocycles. The fourth-order valence-electron chi connectivity index (χ4n) is 1.44. The van der Waals surface area contributed by atoms with Crippen LogP contribution in [0.2, 0.25) is 0 Å². The number of hydrogen-bond donors (Lipinski definition) is 0. The van der Waals surface area contributed by atoms with E-state index in [9.17, 15) is 8.42 Å². The van der Waals surface area contributed by atoms with Crippen LogP contribution < -0.4 is 0 Å². The minimum absolute atomic E-state index is 0.132. The highest BCUT2D eigenvalue weighted by molar-refractivity contribution is 8.06. The van der Waals surface area contributed by atoms with E-state index in [4.69, 9.17) is 0 Å². The molecule has 2 rings (SSSR count). The average Bonchev–Trinajstić information content (AvgIpc) is 2.38. The molecule has 0 spiro atoms. The van der Waals surface area contributed by atoms with Gasteiger partial charge in [0.1, 0.15) is 0 Å². The van der Waals surface area contributed by atoms with Gasteiger partial charge in [-0.15, -0.1) is 0 Å². The Bertz CT molecular complexity index is 541. The summed E-state index contributed by atoms with van der Waals surface area (Å²) in [6.07, 6.45) is 5.28. The fourth-order valence-corrected chi connectivity index (χ4v) is 2.05. The summed E-state index contributed by atoms with van der Waals surface area (Å²) >= 11 is 0. The van der Waals surface area contributed by atoms with E-state index in [0.29, 0.717) is 0 Å². The van der Waals surface area contributed by atoms with E-state index in [1.165, 1.54) is 6.26 Å². The molecule has 1 aliphatic rings. The van der Waals surface area contributed by atoms with Gasteiger partial charge in [-0.25, -0.2) is 13.4 Å². The van der Waals surface area contributed by atoms with Crippen LogP contribution in [0, 0.1) is 0 Å². The van der Waals surface area contributed by atoms with Gasteiger partial charge < -0.3 is 0 Å². The third-order valence-corrected chi connectivity index (χ3v) is 3.19. The molecule has 0 radical (unpaired) electrons. The number of nitrogens with zero attached hydrogens (tertiary/aromatic N) is 1. The van der Waals surface area contributed by atoms with E-state index in [1.54, 1.807) is 6.08 Å². The predicted octanol–water partition coefficient (Wildman–Crippen LogP) is 1.87. The predicted molar refractivity (Wildman–Crippen MR) is 61.2 cm³/mol. The lowest BCUT2D eigenvalue weighted by Crippen LogP contribution is -2.08. The number of allylic oxidation sites excluding steroid dienone is 1. The monoisotopic (exact) mass is 221 g/mol. The van der Waals surface area contributed by atoms with Gasteiger partial charge in [-0.2, -0.15) is 0 Å². The third-order valence-electron chi connectivity index (χ3n) is 2.20. The van der Waals surface area contributed by atoms with Gasteiger partial charge in [0.15, 0.2) is 14.9 Å². The van der Waals surface area contributed by atoms with Gasteiger partial charge in [0, 0.05) is 6.26 Å². The number of rotatable bonds is 0. The highest BCUT2D eigenvalue weighted by Crippen LogP contribution is 2.22. The molecule has 0 amide bonds. The number of benzene rings is 1. The minimum atomic E-state index is -3.23. The van der Waals surface area contributed by atoms with Gasteiger partial charge in [0.2, 0.25) is 0 Å². The van der Waals surface area contributed by atoms with Gasteiger partial charge in [-0.05, 0) is 24.1 Å². The molecule has 78 valence electrons. The first-order valence-corrected chi connectivity index (χ1v) is 6.50. The van der Waals surface area contributed by atoms with Gasteiger partial charge in [0.25, 0.3) is 0 Å². The summed E-state index contributed by atoms with van der Waals surface area (Å²) in [5.74, 6) is 0. The number of fused-ring (bicyclic) bond motifs is 1. The van der Waals surface area contributed by atoms with Crippen LogP contribution in [0.15, 0.2) is 41.4 Å². The zero-order chi connectivity index (χ0) is 10.9. The van der Waals surface area contributed by atoms with Crippen molar-refractivity contribution in [2.24, 2.45) is 4.99 Å². The maximum absolute atomic E-state index is 11.4. The van der Waals surface area contributed by atoms with Gasteiger partial charge in [0.05, 0.1) is 5.69 Å². The second-order valence-electron chi connectivity index (χ2n) is 3.46. The molecule has 0 saturated carbocycles. The number of hydrogen-bond acceptors (Lipinski definition) is 3. The molecule has 0 fully saturated rings. The molecule has 0 N–H and O–H groups in total. The number of aliphatic imine (C=N–C) groups is 1. The van der Waals surface area contributed by atoms with Gasteiger partial charge in [-0.1, -0.05) is 24.3 Å². The van der Waals surface area contributed by atoms with Gasteiger partial charge >= 0.3 is 0 Å². The van der Waals surface area contributed by atoms with Crippen LogP contribution in [0.3, 0.4) is 0 Å². The Hall–Kier alpha value is -1.42. The summed E-state index contributed by atoms with van der Waals surface area (Å²) < 4.78 is 22.7. The van der Waals surface area contributed by atoms with E-state index < -0.39 is 9.84 Å². The molecule has 0 aromatic heterocycles. The summed E-state index contributed by atoms with van der Waals surface area (Å²) in [4.78, 5) is 4.15. The smallest absolute Gasteiger partial charge is 0.192 e. The molecule has 0 unspecified atom stereocenters. The summed E-state index contributed by atoms with van der Waals surface area (Å²) in [6.45, 7) is 0. The quantitative estimate of drug-likeness (QED) is 0.671. The molecule has 0 bridgehead atoms. The van der Waals surface area contributed by atoms with Crippen LogP contribution >= 0.6 is 0 Å². The molecular weight excluding hydrogens is 210 g/mol. The summed E-state index contributed by atoms with van der Waals surface area (Å²) in [6, 6.07) is 7.56. The summed E-state index contributed by atoms with van der Waals surface area (Å²) in [5, 5.41) is 0.132. The summed E-state index contributed by atoms with van der Waals surface area (Å²) in [5.41, 5.74) is 1.79. The number of sulfone groups is 1. The van der Waals surface area contributed by atoms with Crippen LogP contribution in [0.4, 0.5) is 5.69 Å². The van der Waals surface area contributed by atoms with Crippen molar-refractivity contribution in [2.75, 3.05) is 6.26 Å².